The van der Waals surface area contributed by atoms with Crippen LogP contribution in [0, 0.1) is 5.92 Å². The van der Waals surface area contributed by atoms with Crippen molar-refractivity contribution in [1.29, 1.82) is 0 Å². The van der Waals surface area contributed by atoms with Gasteiger partial charge in [0, 0.05) is 13.0 Å². The van der Waals surface area contributed by atoms with E-state index in [1.807, 2.05) is 7.05 Å². The highest BCUT2D eigenvalue weighted by atomic mass is 35.5. The predicted molar refractivity (Wildman–Crippen MR) is 80.8 cm³/mol. The van der Waals surface area contributed by atoms with E-state index in [4.69, 9.17) is 4.74 Å². The van der Waals surface area contributed by atoms with Crippen LogP contribution in [-0.2, 0) is 9.53 Å². The summed E-state index contributed by atoms with van der Waals surface area (Å²) in [4.78, 5) is 11.4. The fraction of sp³-hybridized carbons (Fsp3) is 0.929. The Bertz CT molecular complexity index is 239. The number of hydrogen-bond donors (Lipinski definition) is 2. The average molecular weight is 293 g/mol. The van der Waals surface area contributed by atoms with E-state index < -0.39 is 0 Å². The van der Waals surface area contributed by atoms with Crippen LogP contribution in [-0.4, -0.2) is 38.8 Å². The van der Waals surface area contributed by atoms with Crippen LogP contribution in [0.25, 0.3) is 0 Å². The Balaban J connectivity index is 0.00000324. The summed E-state index contributed by atoms with van der Waals surface area (Å²) in [5, 5.41) is 5.94. The fourth-order valence-electron chi connectivity index (χ4n) is 2.44. The summed E-state index contributed by atoms with van der Waals surface area (Å²) in [7, 11) is 1.90. The smallest absolute Gasteiger partial charge is 0.220 e. The lowest BCUT2D eigenvalue weighted by atomic mass is 9.88. The van der Waals surface area contributed by atoms with Crippen molar-refractivity contribution in [2.45, 2.75) is 51.6 Å². The Morgan fingerprint density at radius 3 is 2.68 bits per heavy atom. The molecule has 0 aromatic carbocycles. The molecule has 1 saturated carbocycles. The normalized spacial score (nSPS) is 22.6. The van der Waals surface area contributed by atoms with Gasteiger partial charge >= 0.3 is 0 Å². The average Bonchev–Trinajstić information content (AvgIpc) is 2.37. The number of amides is 1. The van der Waals surface area contributed by atoms with Gasteiger partial charge in [0.25, 0.3) is 0 Å². The third kappa shape index (κ3) is 8.45. The Hall–Kier alpha value is -0.320. The monoisotopic (exact) mass is 292 g/mol. The Kier molecular flexibility index (Phi) is 11.3. The highest BCUT2D eigenvalue weighted by Gasteiger charge is 2.21. The van der Waals surface area contributed by atoms with Crippen molar-refractivity contribution in [3.63, 3.8) is 0 Å². The summed E-state index contributed by atoms with van der Waals surface area (Å²) in [5.41, 5.74) is 0. The van der Waals surface area contributed by atoms with E-state index in [9.17, 15) is 4.79 Å². The standard InChI is InChI=1S/C14H28N2O2.ClH/c1-12-6-3-4-7-13(12)18-11-10-16-14(17)8-5-9-15-2;/h12-13,15H,3-11H2,1-2H3,(H,16,17);1H. The number of rotatable bonds is 8. The first-order chi connectivity index (χ1) is 8.74. The molecule has 114 valence electrons. The molecule has 1 aliphatic rings. The molecule has 5 heteroatoms. The van der Waals surface area contributed by atoms with Crippen molar-refractivity contribution in [3.05, 3.63) is 0 Å². The molecule has 2 atom stereocenters. The molecule has 0 aromatic heterocycles. The molecule has 0 spiro atoms. The van der Waals surface area contributed by atoms with Gasteiger partial charge in [-0.25, -0.2) is 0 Å². The molecule has 0 radical (unpaired) electrons. The minimum atomic E-state index is 0. The maximum Gasteiger partial charge on any atom is 0.220 e. The van der Waals surface area contributed by atoms with Gasteiger partial charge in [-0.15, -0.1) is 12.4 Å². The van der Waals surface area contributed by atoms with Crippen LogP contribution >= 0.6 is 12.4 Å². The maximum absolute atomic E-state index is 11.4. The summed E-state index contributed by atoms with van der Waals surface area (Å²) in [6, 6.07) is 0. The molecule has 0 bridgehead atoms. The van der Waals surface area contributed by atoms with E-state index in [1.165, 1.54) is 25.7 Å². The molecule has 4 nitrogen and oxygen atoms in total. The number of hydrogen-bond acceptors (Lipinski definition) is 3. The van der Waals surface area contributed by atoms with Crippen LogP contribution in [0.3, 0.4) is 0 Å². The molecule has 1 aliphatic carbocycles. The van der Waals surface area contributed by atoms with E-state index in [0.29, 0.717) is 31.6 Å². The first-order valence-corrected chi connectivity index (χ1v) is 7.27. The van der Waals surface area contributed by atoms with Gasteiger partial charge in [0.2, 0.25) is 5.91 Å². The Morgan fingerprint density at radius 1 is 1.26 bits per heavy atom. The van der Waals surface area contributed by atoms with Crippen molar-refractivity contribution in [1.82, 2.24) is 10.6 Å². The number of carbonyl (C=O) groups is 1. The molecular weight excluding hydrogens is 264 g/mol. The predicted octanol–water partition coefficient (Wildman–Crippen LogP) is 2.12. The second-order valence-electron chi connectivity index (χ2n) is 5.23. The first kappa shape index (κ1) is 18.7. The van der Waals surface area contributed by atoms with E-state index in [-0.39, 0.29) is 18.3 Å². The van der Waals surface area contributed by atoms with Gasteiger partial charge in [0.1, 0.15) is 0 Å². The van der Waals surface area contributed by atoms with Crippen molar-refractivity contribution < 1.29 is 9.53 Å². The fourth-order valence-corrected chi connectivity index (χ4v) is 2.44. The lowest BCUT2D eigenvalue weighted by Crippen LogP contribution is -2.32. The number of ether oxygens (including phenoxy) is 1. The number of nitrogens with one attached hydrogen (secondary N) is 2. The molecule has 2 unspecified atom stereocenters. The molecular formula is C14H29ClN2O2. The molecule has 19 heavy (non-hydrogen) atoms. The minimum Gasteiger partial charge on any atom is -0.376 e. The number of carbonyl (C=O) groups excluding carboxylic acids is 1. The minimum absolute atomic E-state index is 0. The highest BCUT2D eigenvalue weighted by molar-refractivity contribution is 5.85. The van der Waals surface area contributed by atoms with Crippen molar-refractivity contribution in [3.8, 4) is 0 Å². The van der Waals surface area contributed by atoms with Gasteiger partial charge in [-0.2, -0.15) is 0 Å². The second-order valence-corrected chi connectivity index (χ2v) is 5.23. The van der Waals surface area contributed by atoms with E-state index in [2.05, 4.69) is 17.6 Å². The topological polar surface area (TPSA) is 50.4 Å². The third-order valence-electron chi connectivity index (χ3n) is 3.62. The van der Waals surface area contributed by atoms with Crippen LogP contribution in [0.4, 0.5) is 0 Å². The van der Waals surface area contributed by atoms with Gasteiger partial charge in [-0.05, 0) is 38.8 Å². The van der Waals surface area contributed by atoms with Crippen molar-refractivity contribution in [2.75, 3.05) is 26.7 Å². The largest absolute Gasteiger partial charge is 0.376 e. The van der Waals surface area contributed by atoms with E-state index >= 15 is 0 Å². The van der Waals surface area contributed by atoms with E-state index in [0.717, 1.165) is 13.0 Å². The lowest BCUT2D eigenvalue weighted by molar-refractivity contribution is -0.121. The van der Waals surface area contributed by atoms with Crippen LogP contribution in [0.15, 0.2) is 0 Å². The number of halogens is 1. The van der Waals surface area contributed by atoms with Crippen LogP contribution < -0.4 is 10.6 Å². The summed E-state index contributed by atoms with van der Waals surface area (Å²) < 4.78 is 5.84. The molecule has 0 saturated heterocycles. The summed E-state index contributed by atoms with van der Waals surface area (Å²) >= 11 is 0. The molecule has 1 fully saturated rings. The second kappa shape index (κ2) is 11.5. The summed E-state index contributed by atoms with van der Waals surface area (Å²) in [6.07, 6.45) is 6.97. The Labute approximate surface area is 123 Å². The van der Waals surface area contributed by atoms with Crippen LogP contribution in [0.1, 0.15) is 45.4 Å². The molecule has 0 aliphatic heterocycles. The van der Waals surface area contributed by atoms with E-state index in [1.54, 1.807) is 0 Å². The van der Waals surface area contributed by atoms with Gasteiger partial charge in [-0.1, -0.05) is 19.8 Å². The Morgan fingerprint density at radius 2 is 2.00 bits per heavy atom. The maximum atomic E-state index is 11.4. The zero-order valence-corrected chi connectivity index (χ0v) is 13.1. The van der Waals surface area contributed by atoms with Gasteiger partial charge < -0.3 is 15.4 Å². The van der Waals surface area contributed by atoms with Crippen molar-refractivity contribution in [2.24, 2.45) is 5.92 Å². The zero-order valence-electron chi connectivity index (χ0n) is 12.2. The van der Waals surface area contributed by atoms with Crippen LogP contribution in [0.5, 0.6) is 0 Å². The third-order valence-corrected chi connectivity index (χ3v) is 3.62. The molecule has 0 aromatic rings. The SMILES string of the molecule is CNCCCC(=O)NCCOC1CCCCC1C.Cl. The molecule has 1 amide bonds. The van der Waals surface area contributed by atoms with Gasteiger partial charge in [0.05, 0.1) is 12.7 Å². The first-order valence-electron chi connectivity index (χ1n) is 7.27. The molecule has 0 heterocycles. The highest BCUT2D eigenvalue weighted by Crippen LogP contribution is 2.25. The molecule has 2 N–H and O–H groups in total. The summed E-state index contributed by atoms with van der Waals surface area (Å²) in [5.74, 6) is 0.802. The lowest BCUT2D eigenvalue weighted by Gasteiger charge is -2.28. The van der Waals surface area contributed by atoms with Crippen molar-refractivity contribution >= 4 is 18.3 Å². The molecule has 1 rings (SSSR count). The summed E-state index contributed by atoms with van der Waals surface area (Å²) in [6.45, 7) is 4.44. The zero-order chi connectivity index (χ0) is 13.2. The van der Waals surface area contributed by atoms with Gasteiger partial charge in [-0.3, -0.25) is 4.79 Å². The van der Waals surface area contributed by atoms with Gasteiger partial charge in [0.15, 0.2) is 0 Å². The quantitative estimate of drug-likeness (QED) is 0.674. The van der Waals surface area contributed by atoms with Crippen LogP contribution in [0.2, 0.25) is 0 Å².